The van der Waals surface area contributed by atoms with E-state index in [0.29, 0.717) is 25.4 Å². The van der Waals surface area contributed by atoms with Crippen molar-refractivity contribution in [1.82, 2.24) is 15.0 Å². The fourth-order valence-electron chi connectivity index (χ4n) is 3.69. The summed E-state index contributed by atoms with van der Waals surface area (Å²) >= 11 is 0. The van der Waals surface area contributed by atoms with E-state index in [2.05, 4.69) is 10.1 Å². The summed E-state index contributed by atoms with van der Waals surface area (Å²) in [6, 6.07) is 14.8. The summed E-state index contributed by atoms with van der Waals surface area (Å²) in [7, 11) is 0. The zero-order chi connectivity index (χ0) is 22.6. The second kappa shape index (κ2) is 9.54. The molecule has 4 rings (SSSR count). The van der Waals surface area contributed by atoms with E-state index in [1.807, 2.05) is 35.2 Å². The largest absolute Gasteiger partial charge is 0.416 e. The predicted molar refractivity (Wildman–Crippen MR) is 113 cm³/mol. The molecule has 0 bridgehead atoms. The van der Waals surface area contributed by atoms with Crippen LogP contribution in [0.15, 0.2) is 59.1 Å². The molecule has 3 aromatic rings. The number of aromatic nitrogens is 2. The molecule has 1 heterocycles. The molecule has 1 aromatic heterocycles. The Kier molecular flexibility index (Phi) is 6.58. The zero-order valence-electron chi connectivity index (χ0n) is 17.5. The molecule has 1 aliphatic rings. The van der Waals surface area contributed by atoms with Gasteiger partial charge in [0.1, 0.15) is 0 Å². The van der Waals surface area contributed by atoms with Gasteiger partial charge in [-0.05, 0) is 37.0 Å². The van der Waals surface area contributed by atoms with Gasteiger partial charge in [-0.2, -0.15) is 18.2 Å². The van der Waals surface area contributed by atoms with Crippen LogP contribution >= 0.6 is 0 Å². The van der Waals surface area contributed by atoms with Gasteiger partial charge in [-0.15, -0.1) is 0 Å². The number of halogens is 3. The number of carbonyl (C=O) groups excluding carboxylic acids is 1. The maximum absolute atomic E-state index is 13.0. The zero-order valence-corrected chi connectivity index (χ0v) is 17.5. The number of hydrogen-bond acceptors (Lipinski definition) is 4. The Bertz CT molecular complexity index is 1050. The normalized spacial score (nSPS) is 14.2. The summed E-state index contributed by atoms with van der Waals surface area (Å²) < 4.78 is 44.2. The van der Waals surface area contributed by atoms with Crippen molar-refractivity contribution < 1.29 is 22.5 Å². The van der Waals surface area contributed by atoms with Gasteiger partial charge >= 0.3 is 6.18 Å². The van der Waals surface area contributed by atoms with E-state index >= 15 is 0 Å². The number of benzene rings is 2. The third-order valence-electron chi connectivity index (χ3n) is 5.79. The molecule has 0 saturated heterocycles. The minimum Gasteiger partial charge on any atom is -0.342 e. The van der Waals surface area contributed by atoms with Crippen molar-refractivity contribution in [3.05, 3.63) is 71.6 Å². The fourth-order valence-corrected chi connectivity index (χ4v) is 3.69. The average Bonchev–Trinajstić information content (AvgIpc) is 3.22. The molecule has 1 amide bonds. The molecule has 0 N–H and O–H groups in total. The van der Waals surface area contributed by atoms with E-state index in [1.165, 1.54) is 12.1 Å². The lowest BCUT2D eigenvalue weighted by atomic mass is 9.84. The molecular formula is C24H24F3N3O2. The first kappa shape index (κ1) is 22.0. The van der Waals surface area contributed by atoms with Gasteiger partial charge in [-0.25, -0.2) is 0 Å². The first-order chi connectivity index (χ1) is 15.4. The van der Waals surface area contributed by atoms with Crippen LogP contribution in [0.2, 0.25) is 0 Å². The van der Waals surface area contributed by atoms with Crippen LogP contribution in [0.4, 0.5) is 13.2 Å². The highest BCUT2D eigenvalue weighted by Crippen LogP contribution is 2.31. The molecule has 0 unspecified atom stereocenters. The van der Waals surface area contributed by atoms with E-state index in [1.54, 1.807) is 0 Å². The lowest BCUT2D eigenvalue weighted by molar-refractivity contribution is -0.138. The minimum absolute atomic E-state index is 0.0779. The first-order valence-corrected chi connectivity index (χ1v) is 10.7. The highest BCUT2D eigenvalue weighted by molar-refractivity contribution is 5.79. The average molecular weight is 443 g/mol. The number of hydrogen-bond donors (Lipinski definition) is 0. The van der Waals surface area contributed by atoms with Crippen LogP contribution in [-0.2, 0) is 23.8 Å². The second-order valence-electron chi connectivity index (χ2n) is 8.03. The van der Waals surface area contributed by atoms with Crippen LogP contribution < -0.4 is 0 Å². The Morgan fingerprint density at radius 1 is 1.03 bits per heavy atom. The molecule has 8 heteroatoms. The Morgan fingerprint density at radius 3 is 2.47 bits per heavy atom. The van der Waals surface area contributed by atoms with Crippen LogP contribution in [0.1, 0.15) is 36.3 Å². The van der Waals surface area contributed by atoms with Crippen molar-refractivity contribution in [2.24, 2.45) is 5.92 Å². The molecule has 0 atom stereocenters. The monoisotopic (exact) mass is 443 g/mol. The second-order valence-corrected chi connectivity index (χ2v) is 8.03. The van der Waals surface area contributed by atoms with Crippen LogP contribution in [0.25, 0.3) is 11.4 Å². The van der Waals surface area contributed by atoms with Crippen molar-refractivity contribution in [2.45, 2.75) is 38.3 Å². The SMILES string of the molecule is O=C(C1CCC1)N(CCc1ccccc1)CCc1nc(-c2cccc(C(F)(F)F)c2)no1. The van der Waals surface area contributed by atoms with Gasteiger partial charge in [0, 0.05) is 31.0 Å². The molecule has 1 aliphatic carbocycles. The molecule has 32 heavy (non-hydrogen) atoms. The molecule has 5 nitrogen and oxygen atoms in total. The van der Waals surface area contributed by atoms with Gasteiger partial charge in [0.15, 0.2) is 0 Å². The lowest BCUT2D eigenvalue weighted by Gasteiger charge is -2.31. The standard InChI is InChI=1S/C24H24F3N3O2/c25-24(26,27)20-11-5-10-19(16-20)22-28-21(32-29-22)13-15-30(23(31)18-8-4-9-18)14-12-17-6-2-1-3-7-17/h1-3,5-7,10-11,16,18H,4,8-9,12-15H2. The van der Waals surface area contributed by atoms with Crippen LogP contribution in [-0.4, -0.2) is 34.0 Å². The van der Waals surface area contributed by atoms with Crippen molar-refractivity contribution >= 4 is 5.91 Å². The summed E-state index contributed by atoms with van der Waals surface area (Å²) in [6.07, 6.45) is -0.434. The molecular weight excluding hydrogens is 419 g/mol. The fraction of sp³-hybridized carbons (Fsp3) is 0.375. The van der Waals surface area contributed by atoms with Gasteiger partial charge in [-0.1, -0.05) is 54.0 Å². The first-order valence-electron chi connectivity index (χ1n) is 10.7. The maximum Gasteiger partial charge on any atom is 0.416 e. The number of alkyl halides is 3. The summed E-state index contributed by atoms with van der Waals surface area (Å²) in [5, 5.41) is 3.83. The topological polar surface area (TPSA) is 59.2 Å². The highest BCUT2D eigenvalue weighted by Gasteiger charge is 2.31. The van der Waals surface area contributed by atoms with Crippen molar-refractivity contribution in [3.8, 4) is 11.4 Å². The third kappa shape index (κ3) is 5.36. The maximum atomic E-state index is 13.0. The van der Waals surface area contributed by atoms with E-state index in [4.69, 9.17) is 4.52 Å². The summed E-state index contributed by atoms with van der Waals surface area (Å²) in [5.74, 6) is 0.620. The van der Waals surface area contributed by atoms with E-state index in [9.17, 15) is 18.0 Å². The van der Waals surface area contributed by atoms with E-state index in [-0.39, 0.29) is 23.2 Å². The van der Waals surface area contributed by atoms with Gasteiger partial charge in [0.25, 0.3) is 0 Å². The Morgan fingerprint density at radius 2 is 1.78 bits per heavy atom. The van der Waals surface area contributed by atoms with Gasteiger partial charge in [0.05, 0.1) is 5.56 Å². The minimum atomic E-state index is -4.44. The third-order valence-corrected chi connectivity index (χ3v) is 5.79. The van der Waals surface area contributed by atoms with Crippen LogP contribution in [0.5, 0.6) is 0 Å². The van der Waals surface area contributed by atoms with Gasteiger partial charge in [0.2, 0.25) is 17.6 Å². The Balaban J connectivity index is 1.42. The Hall–Kier alpha value is -3.16. The van der Waals surface area contributed by atoms with Crippen molar-refractivity contribution in [3.63, 3.8) is 0 Å². The Labute approximate surface area is 184 Å². The molecule has 0 aliphatic heterocycles. The molecule has 168 valence electrons. The molecule has 1 fully saturated rings. The van der Waals surface area contributed by atoms with Gasteiger partial charge in [-0.3, -0.25) is 4.79 Å². The summed E-state index contributed by atoms with van der Waals surface area (Å²) in [4.78, 5) is 19.0. The quantitative estimate of drug-likeness (QED) is 0.482. The smallest absolute Gasteiger partial charge is 0.342 e. The number of carbonyl (C=O) groups is 1. The van der Waals surface area contributed by atoms with Crippen LogP contribution in [0.3, 0.4) is 0 Å². The van der Waals surface area contributed by atoms with Gasteiger partial charge < -0.3 is 9.42 Å². The molecule has 0 radical (unpaired) electrons. The predicted octanol–water partition coefficient (Wildman–Crippen LogP) is 5.17. The summed E-state index contributed by atoms with van der Waals surface area (Å²) in [6.45, 7) is 1.01. The van der Waals surface area contributed by atoms with Crippen LogP contribution in [0, 0.1) is 5.92 Å². The number of rotatable bonds is 8. The molecule has 1 saturated carbocycles. The number of amides is 1. The summed E-state index contributed by atoms with van der Waals surface area (Å²) in [5.41, 5.74) is 0.629. The lowest BCUT2D eigenvalue weighted by Crippen LogP contribution is -2.41. The highest BCUT2D eigenvalue weighted by atomic mass is 19.4. The van der Waals surface area contributed by atoms with E-state index in [0.717, 1.165) is 43.4 Å². The van der Waals surface area contributed by atoms with E-state index < -0.39 is 11.7 Å². The van der Waals surface area contributed by atoms with Crippen molar-refractivity contribution in [2.75, 3.05) is 13.1 Å². The molecule has 0 spiro atoms. The molecule has 2 aromatic carbocycles. The van der Waals surface area contributed by atoms with Crippen molar-refractivity contribution in [1.29, 1.82) is 0 Å². The number of nitrogens with zero attached hydrogens (tertiary/aromatic N) is 3.